The Morgan fingerprint density at radius 3 is 2.65 bits per heavy atom. The van der Waals surface area contributed by atoms with Gasteiger partial charge in [0.25, 0.3) is 0 Å². The van der Waals surface area contributed by atoms with Crippen LogP contribution in [0.25, 0.3) is 0 Å². The number of carbonyl (C=O) groups is 1. The van der Waals surface area contributed by atoms with Gasteiger partial charge in [0, 0.05) is 19.7 Å². The predicted octanol–water partition coefficient (Wildman–Crippen LogP) is 1.16. The lowest BCUT2D eigenvalue weighted by Gasteiger charge is -2.35. The maximum Gasteiger partial charge on any atom is 0.239 e. The zero-order valence-electron chi connectivity index (χ0n) is 10.8. The summed E-state index contributed by atoms with van der Waals surface area (Å²) in [5, 5.41) is 3.33. The normalized spacial score (nSPS) is 27.1. The molecule has 0 bridgehead atoms. The summed E-state index contributed by atoms with van der Waals surface area (Å²) in [7, 11) is 0. The summed E-state index contributed by atoms with van der Waals surface area (Å²) in [6.07, 6.45) is 5.74. The van der Waals surface area contributed by atoms with Crippen LogP contribution in [0.4, 0.5) is 0 Å². The van der Waals surface area contributed by atoms with Gasteiger partial charge in [0.05, 0.1) is 12.1 Å². The van der Waals surface area contributed by atoms with E-state index in [1.54, 1.807) is 0 Å². The molecule has 1 N–H and O–H groups in total. The van der Waals surface area contributed by atoms with Crippen molar-refractivity contribution in [1.82, 2.24) is 10.2 Å². The molecule has 0 aromatic heterocycles. The number of hydrogen-bond acceptors (Lipinski definition) is 3. The first-order valence-electron chi connectivity index (χ1n) is 6.95. The molecule has 1 amide bonds. The van der Waals surface area contributed by atoms with Crippen molar-refractivity contribution in [3.05, 3.63) is 0 Å². The SMILES string of the molecule is CCOC1CCN(C(=O)[C@H]2CCCCN2)CC1. The average molecular weight is 240 g/mol. The van der Waals surface area contributed by atoms with Crippen LogP contribution in [0.3, 0.4) is 0 Å². The third kappa shape index (κ3) is 3.42. The lowest BCUT2D eigenvalue weighted by atomic mass is 10.0. The fourth-order valence-corrected chi connectivity index (χ4v) is 2.76. The molecule has 0 spiro atoms. The summed E-state index contributed by atoms with van der Waals surface area (Å²) in [5.74, 6) is 0.305. The Hall–Kier alpha value is -0.610. The first kappa shape index (κ1) is 12.8. The first-order chi connectivity index (χ1) is 8.31. The van der Waals surface area contributed by atoms with E-state index in [2.05, 4.69) is 5.32 Å². The van der Waals surface area contributed by atoms with Crippen LogP contribution in [-0.4, -0.2) is 49.2 Å². The van der Waals surface area contributed by atoms with Gasteiger partial charge < -0.3 is 15.0 Å². The van der Waals surface area contributed by atoms with E-state index in [0.29, 0.717) is 12.0 Å². The van der Waals surface area contributed by atoms with Crippen molar-refractivity contribution < 1.29 is 9.53 Å². The van der Waals surface area contributed by atoms with E-state index in [1.165, 1.54) is 12.8 Å². The number of carbonyl (C=O) groups excluding carboxylic acids is 1. The Bertz CT molecular complexity index is 244. The van der Waals surface area contributed by atoms with Gasteiger partial charge in [-0.2, -0.15) is 0 Å². The number of likely N-dealkylation sites (tertiary alicyclic amines) is 1. The number of amides is 1. The summed E-state index contributed by atoms with van der Waals surface area (Å²) >= 11 is 0. The highest BCUT2D eigenvalue weighted by Crippen LogP contribution is 2.17. The molecule has 2 fully saturated rings. The Balaban J connectivity index is 1.77. The molecule has 2 rings (SSSR count). The molecule has 0 aromatic rings. The fraction of sp³-hybridized carbons (Fsp3) is 0.923. The first-order valence-corrected chi connectivity index (χ1v) is 6.95. The van der Waals surface area contributed by atoms with Crippen LogP contribution in [0.1, 0.15) is 39.0 Å². The Morgan fingerprint density at radius 2 is 2.06 bits per heavy atom. The number of rotatable bonds is 3. The van der Waals surface area contributed by atoms with Gasteiger partial charge in [-0.05, 0) is 39.2 Å². The van der Waals surface area contributed by atoms with Gasteiger partial charge >= 0.3 is 0 Å². The van der Waals surface area contributed by atoms with E-state index in [9.17, 15) is 4.79 Å². The second-order valence-corrected chi connectivity index (χ2v) is 4.98. The third-order valence-electron chi connectivity index (χ3n) is 3.76. The molecular formula is C13H24N2O2. The molecule has 17 heavy (non-hydrogen) atoms. The van der Waals surface area contributed by atoms with Crippen LogP contribution in [0.2, 0.25) is 0 Å². The van der Waals surface area contributed by atoms with E-state index in [0.717, 1.165) is 45.5 Å². The second kappa shape index (κ2) is 6.36. The van der Waals surface area contributed by atoms with Gasteiger partial charge in [0.1, 0.15) is 0 Å². The molecule has 98 valence electrons. The lowest BCUT2D eigenvalue weighted by molar-refractivity contribution is -0.136. The quantitative estimate of drug-likeness (QED) is 0.805. The van der Waals surface area contributed by atoms with E-state index in [1.807, 2.05) is 11.8 Å². The summed E-state index contributed by atoms with van der Waals surface area (Å²) in [4.78, 5) is 14.3. The molecule has 0 aromatic carbocycles. The fourth-order valence-electron chi connectivity index (χ4n) is 2.76. The summed E-state index contributed by atoms with van der Waals surface area (Å²) in [5.41, 5.74) is 0. The smallest absolute Gasteiger partial charge is 0.239 e. The van der Waals surface area contributed by atoms with Crippen molar-refractivity contribution >= 4 is 5.91 Å². The average Bonchev–Trinajstić information content (AvgIpc) is 2.40. The minimum atomic E-state index is 0.0763. The number of hydrogen-bond donors (Lipinski definition) is 1. The van der Waals surface area contributed by atoms with Crippen molar-refractivity contribution in [3.63, 3.8) is 0 Å². The molecular weight excluding hydrogens is 216 g/mol. The van der Waals surface area contributed by atoms with Gasteiger partial charge in [-0.25, -0.2) is 0 Å². The molecule has 2 aliphatic heterocycles. The molecule has 0 radical (unpaired) electrons. The molecule has 2 aliphatic rings. The Labute approximate surface area is 104 Å². The molecule has 4 heteroatoms. The van der Waals surface area contributed by atoms with Crippen molar-refractivity contribution in [2.45, 2.75) is 51.2 Å². The highest BCUT2D eigenvalue weighted by atomic mass is 16.5. The predicted molar refractivity (Wildman–Crippen MR) is 66.9 cm³/mol. The van der Waals surface area contributed by atoms with Crippen LogP contribution in [-0.2, 0) is 9.53 Å². The number of nitrogens with one attached hydrogen (secondary N) is 1. The van der Waals surface area contributed by atoms with Crippen LogP contribution >= 0.6 is 0 Å². The van der Waals surface area contributed by atoms with Gasteiger partial charge in [0.15, 0.2) is 0 Å². The van der Waals surface area contributed by atoms with Gasteiger partial charge in [-0.1, -0.05) is 6.42 Å². The van der Waals surface area contributed by atoms with E-state index < -0.39 is 0 Å². The molecule has 4 nitrogen and oxygen atoms in total. The third-order valence-corrected chi connectivity index (χ3v) is 3.76. The standard InChI is InChI=1S/C13H24N2O2/c1-2-17-11-6-9-15(10-7-11)13(16)12-5-3-4-8-14-12/h11-12,14H,2-10H2,1H3/t12-/m1/s1. The second-order valence-electron chi connectivity index (χ2n) is 4.98. The van der Waals surface area contributed by atoms with Crippen molar-refractivity contribution in [3.8, 4) is 0 Å². The maximum atomic E-state index is 12.2. The van der Waals surface area contributed by atoms with Crippen molar-refractivity contribution in [2.24, 2.45) is 0 Å². The minimum absolute atomic E-state index is 0.0763. The van der Waals surface area contributed by atoms with Crippen LogP contribution < -0.4 is 5.32 Å². The maximum absolute atomic E-state index is 12.2. The van der Waals surface area contributed by atoms with Gasteiger partial charge in [0.2, 0.25) is 5.91 Å². The largest absolute Gasteiger partial charge is 0.378 e. The Morgan fingerprint density at radius 1 is 1.29 bits per heavy atom. The molecule has 2 saturated heterocycles. The number of ether oxygens (including phenoxy) is 1. The monoisotopic (exact) mass is 240 g/mol. The van der Waals surface area contributed by atoms with Gasteiger partial charge in [-0.3, -0.25) is 4.79 Å². The van der Waals surface area contributed by atoms with Crippen LogP contribution in [0, 0.1) is 0 Å². The topological polar surface area (TPSA) is 41.6 Å². The highest BCUT2D eigenvalue weighted by molar-refractivity contribution is 5.82. The summed E-state index contributed by atoms with van der Waals surface area (Å²) in [6.45, 7) is 5.53. The van der Waals surface area contributed by atoms with Crippen molar-refractivity contribution in [1.29, 1.82) is 0 Å². The Kier molecular flexibility index (Phi) is 4.80. The molecule has 1 atom stereocenters. The van der Waals surface area contributed by atoms with Crippen LogP contribution in [0.15, 0.2) is 0 Å². The van der Waals surface area contributed by atoms with Gasteiger partial charge in [-0.15, -0.1) is 0 Å². The highest BCUT2D eigenvalue weighted by Gasteiger charge is 2.28. The van der Waals surface area contributed by atoms with E-state index >= 15 is 0 Å². The summed E-state index contributed by atoms with van der Waals surface area (Å²) in [6, 6.07) is 0.0763. The minimum Gasteiger partial charge on any atom is -0.378 e. The number of piperidine rings is 2. The molecule has 0 saturated carbocycles. The van der Waals surface area contributed by atoms with E-state index in [4.69, 9.17) is 4.74 Å². The zero-order valence-corrected chi connectivity index (χ0v) is 10.8. The molecule has 0 unspecified atom stereocenters. The molecule has 0 aliphatic carbocycles. The van der Waals surface area contributed by atoms with E-state index in [-0.39, 0.29) is 6.04 Å². The van der Waals surface area contributed by atoms with Crippen molar-refractivity contribution in [2.75, 3.05) is 26.2 Å². The van der Waals surface area contributed by atoms with Crippen LogP contribution in [0.5, 0.6) is 0 Å². The molecule has 2 heterocycles. The zero-order chi connectivity index (χ0) is 12.1. The number of nitrogens with zero attached hydrogens (tertiary/aromatic N) is 1. The lowest BCUT2D eigenvalue weighted by Crippen LogP contribution is -2.51. The summed E-state index contributed by atoms with van der Waals surface area (Å²) < 4.78 is 5.60.